The number of rotatable bonds is 2. The first kappa shape index (κ1) is 18.7. The number of hydrogen-bond donors (Lipinski definition) is 1. The number of hydrogen-bond acceptors (Lipinski definition) is 5. The van der Waals surface area contributed by atoms with Crippen molar-refractivity contribution in [3.8, 4) is 0 Å². The van der Waals surface area contributed by atoms with Crippen molar-refractivity contribution in [1.29, 1.82) is 0 Å². The van der Waals surface area contributed by atoms with Crippen molar-refractivity contribution in [2.24, 2.45) is 0 Å². The summed E-state index contributed by atoms with van der Waals surface area (Å²) in [6.45, 7) is 8.87. The van der Waals surface area contributed by atoms with Crippen molar-refractivity contribution >= 4 is 17.5 Å². The molecule has 2 aliphatic rings. The van der Waals surface area contributed by atoms with Gasteiger partial charge in [0.2, 0.25) is 0 Å². The summed E-state index contributed by atoms with van der Waals surface area (Å²) in [4.78, 5) is 26.3. The predicted octanol–water partition coefficient (Wildman–Crippen LogP) is 2.99. The van der Waals surface area contributed by atoms with E-state index in [4.69, 9.17) is 9.72 Å². The molecule has 1 aromatic carbocycles. The number of benzene rings is 1. The zero-order valence-corrected chi connectivity index (χ0v) is 16.7. The molecular weight excluding hydrogens is 354 g/mol. The third-order valence-corrected chi connectivity index (χ3v) is 5.18. The highest BCUT2D eigenvalue weighted by Crippen LogP contribution is 2.29. The van der Waals surface area contributed by atoms with Gasteiger partial charge < -0.3 is 19.9 Å². The Hall–Kier alpha value is -2.67. The fourth-order valence-corrected chi connectivity index (χ4v) is 4.03. The second-order valence-corrected chi connectivity index (χ2v) is 7.65. The van der Waals surface area contributed by atoms with Gasteiger partial charge in [-0.2, -0.15) is 0 Å². The van der Waals surface area contributed by atoms with E-state index in [1.54, 1.807) is 0 Å². The molecule has 4 rings (SSSR count). The maximum absolute atomic E-state index is 12.8. The molecule has 1 aromatic heterocycles. The lowest BCUT2D eigenvalue weighted by atomic mass is 10.0. The quantitative estimate of drug-likeness (QED) is 0.866. The molecule has 2 aliphatic heterocycles. The fraction of sp³-hybridized carbons (Fsp3) is 0.476. The van der Waals surface area contributed by atoms with Gasteiger partial charge in [0.05, 0.1) is 24.4 Å². The highest BCUT2D eigenvalue weighted by atomic mass is 16.5. The zero-order chi connectivity index (χ0) is 19.7. The van der Waals surface area contributed by atoms with Crippen LogP contribution in [0, 0.1) is 6.92 Å². The van der Waals surface area contributed by atoms with Crippen molar-refractivity contribution in [3.63, 3.8) is 0 Å². The first-order valence-corrected chi connectivity index (χ1v) is 9.87. The van der Waals surface area contributed by atoms with E-state index in [9.17, 15) is 4.79 Å². The van der Waals surface area contributed by atoms with Crippen LogP contribution in [0.25, 0.3) is 0 Å². The minimum atomic E-state index is -0.0907. The molecule has 3 heterocycles. The molecule has 2 unspecified atom stereocenters. The summed E-state index contributed by atoms with van der Waals surface area (Å²) in [7, 11) is 0. The summed E-state index contributed by atoms with van der Waals surface area (Å²) in [6, 6.07) is 9.46. The molecule has 0 bridgehead atoms. The fourth-order valence-electron chi connectivity index (χ4n) is 4.03. The van der Waals surface area contributed by atoms with Crippen LogP contribution < -0.4 is 10.2 Å². The Morgan fingerprint density at radius 3 is 2.57 bits per heavy atom. The smallest absolute Gasteiger partial charge is 0.322 e. The molecule has 0 saturated carbocycles. The Kier molecular flexibility index (Phi) is 5.17. The van der Waals surface area contributed by atoms with Gasteiger partial charge in [-0.3, -0.25) is 0 Å². The second-order valence-electron chi connectivity index (χ2n) is 7.65. The summed E-state index contributed by atoms with van der Waals surface area (Å²) in [5, 5.41) is 2.98. The number of carbonyl (C=O) groups is 1. The number of nitrogens with one attached hydrogen (secondary N) is 1. The maximum Gasteiger partial charge on any atom is 0.322 e. The summed E-state index contributed by atoms with van der Waals surface area (Å²) in [5.41, 5.74) is 2.91. The lowest BCUT2D eigenvalue weighted by molar-refractivity contribution is -0.00557. The van der Waals surface area contributed by atoms with Crippen LogP contribution in [0.4, 0.5) is 16.3 Å². The van der Waals surface area contributed by atoms with Gasteiger partial charge in [0.25, 0.3) is 0 Å². The van der Waals surface area contributed by atoms with Crippen LogP contribution in [0.3, 0.4) is 0 Å². The number of carbonyl (C=O) groups excluding carboxylic acids is 1. The highest BCUT2D eigenvalue weighted by Gasteiger charge is 2.30. The van der Waals surface area contributed by atoms with Crippen molar-refractivity contribution < 1.29 is 9.53 Å². The molecule has 7 nitrogen and oxygen atoms in total. The van der Waals surface area contributed by atoms with E-state index in [1.807, 2.05) is 42.2 Å². The van der Waals surface area contributed by atoms with Crippen LogP contribution in [0.1, 0.15) is 30.9 Å². The molecule has 2 amide bonds. The molecule has 1 saturated heterocycles. The van der Waals surface area contributed by atoms with Gasteiger partial charge in [0.1, 0.15) is 11.6 Å². The van der Waals surface area contributed by atoms with Gasteiger partial charge in [-0.15, -0.1) is 0 Å². The lowest BCUT2D eigenvalue weighted by Gasteiger charge is -2.38. The number of aryl methyl sites for hydroxylation is 1. The molecule has 1 fully saturated rings. The molecule has 0 radical (unpaired) electrons. The normalized spacial score (nSPS) is 22.0. The Morgan fingerprint density at radius 2 is 1.86 bits per heavy atom. The first-order valence-electron chi connectivity index (χ1n) is 9.87. The molecule has 1 N–H and O–H groups in total. The lowest BCUT2D eigenvalue weighted by Crippen LogP contribution is -2.47. The van der Waals surface area contributed by atoms with Crippen molar-refractivity contribution in [2.75, 3.05) is 29.9 Å². The third-order valence-electron chi connectivity index (χ3n) is 5.18. The standard InChI is InChI=1S/C21H27N5O2/c1-14-11-26(12-15(2)28-14)20-18-13-25(10-9-19(18)22-16(3)23-20)21(27)24-17-7-5-4-6-8-17/h4-8,14-15H,9-13H2,1-3H3,(H,24,27). The molecule has 2 aromatic rings. The predicted molar refractivity (Wildman–Crippen MR) is 109 cm³/mol. The number of morpholine rings is 1. The van der Waals surface area contributed by atoms with Crippen molar-refractivity contribution in [2.45, 2.75) is 45.9 Å². The largest absolute Gasteiger partial charge is 0.372 e. The Labute approximate surface area is 165 Å². The van der Waals surface area contributed by atoms with Crippen LogP contribution >= 0.6 is 0 Å². The first-order chi connectivity index (χ1) is 13.5. The molecule has 28 heavy (non-hydrogen) atoms. The molecule has 0 spiro atoms. The average molecular weight is 381 g/mol. The van der Waals surface area contributed by atoms with Crippen molar-refractivity contribution in [3.05, 3.63) is 47.4 Å². The minimum Gasteiger partial charge on any atom is -0.372 e. The summed E-state index contributed by atoms with van der Waals surface area (Å²) >= 11 is 0. The van der Waals surface area contributed by atoms with E-state index in [-0.39, 0.29) is 18.2 Å². The molecule has 7 heteroatoms. The molecule has 148 valence electrons. The number of para-hydroxylation sites is 1. The third kappa shape index (κ3) is 3.94. The Bertz CT molecular complexity index is 847. The van der Waals surface area contributed by atoms with Gasteiger partial charge in [0.15, 0.2) is 0 Å². The van der Waals surface area contributed by atoms with Gasteiger partial charge in [-0.05, 0) is 32.9 Å². The Morgan fingerprint density at radius 1 is 1.14 bits per heavy atom. The van der Waals surface area contributed by atoms with E-state index in [0.29, 0.717) is 13.1 Å². The van der Waals surface area contributed by atoms with Crippen LogP contribution in [-0.4, -0.2) is 52.7 Å². The number of anilines is 2. The average Bonchev–Trinajstić information content (AvgIpc) is 2.67. The van der Waals surface area contributed by atoms with E-state index in [0.717, 1.165) is 48.1 Å². The second kappa shape index (κ2) is 7.75. The van der Waals surface area contributed by atoms with Crippen LogP contribution in [-0.2, 0) is 17.7 Å². The molecule has 0 aliphatic carbocycles. The van der Waals surface area contributed by atoms with Crippen molar-refractivity contribution in [1.82, 2.24) is 14.9 Å². The Balaban J connectivity index is 1.58. The number of amides is 2. The van der Waals surface area contributed by atoms with Crippen LogP contribution in [0.15, 0.2) is 30.3 Å². The van der Waals surface area contributed by atoms with E-state index in [2.05, 4.69) is 29.0 Å². The maximum atomic E-state index is 12.8. The van der Waals surface area contributed by atoms with E-state index in [1.165, 1.54) is 0 Å². The number of nitrogens with zero attached hydrogens (tertiary/aromatic N) is 4. The van der Waals surface area contributed by atoms with Gasteiger partial charge in [0, 0.05) is 37.3 Å². The summed E-state index contributed by atoms with van der Waals surface area (Å²) in [5.74, 6) is 1.73. The monoisotopic (exact) mass is 381 g/mol. The van der Waals surface area contributed by atoms with Crippen LogP contribution in [0.2, 0.25) is 0 Å². The number of ether oxygens (including phenoxy) is 1. The SMILES string of the molecule is Cc1nc2c(c(N3CC(C)OC(C)C3)n1)CN(C(=O)Nc1ccccc1)CC2. The van der Waals surface area contributed by atoms with E-state index < -0.39 is 0 Å². The van der Waals surface area contributed by atoms with Gasteiger partial charge in [-0.25, -0.2) is 14.8 Å². The van der Waals surface area contributed by atoms with Gasteiger partial charge in [-0.1, -0.05) is 18.2 Å². The van der Waals surface area contributed by atoms with Crippen LogP contribution in [0.5, 0.6) is 0 Å². The highest BCUT2D eigenvalue weighted by molar-refractivity contribution is 5.89. The van der Waals surface area contributed by atoms with E-state index >= 15 is 0 Å². The molecular formula is C21H27N5O2. The topological polar surface area (TPSA) is 70.6 Å². The molecule has 2 atom stereocenters. The number of fused-ring (bicyclic) bond motifs is 1. The number of urea groups is 1. The number of aromatic nitrogens is 2. The summed E-state index contributed by atoms with van der Waals surface area (Å²) < 4.78 is 5.88. The minimum absolute atomic E-state index is 0.0907. The zero-order valence-electron chi connectivity index (χ0n) is 16.7. The van der Waals surface area contributed by atoms with Gasteiger partial charge >= 0.3 is 6.03 Å². The summed E-state index contributed by atoms with van der Waals surface area (Å²) in [6.07, 6.45) is 1.04.